The first-order chi connectivity index (χ1) is 29.7. The zero-order valence-electron chi connectivity index (χ0n) is 34.7. The first kappa shape index (κ1) is 46.2. The molecule has 0 radical (unpaired) electrons. The van der Waals surface area contributed by atoms with Gasteiger partial charge in [0.05, 0.1) is 6.33 Å². The normalized spacial score (nSPS) is 14.5. The van der Waals surface area contributed by atoms with E-state index in [0.29, 0.717) is 34.9 Å². The van der Waals surface area contributed by atoms with Crippen molar-refractivity contribution in [1.29, 1.82) is 0 Å². The molecule has 15 nitrogen and oxygen atoms in total. The molecular weight excluding hydrogens is 947 g/mol. The number of halogens is 2. The van der Waals surface area contributed by atoms with Crippen molar-refractivity contribution in [2.75, 3.05) is 36.0 Å². The molecule has 61 heavy (non-hydrogen) atoms. The fourth-order valence-corrected chi connectivity index (χ4v) is 11.1. The van der Waals surface area contributed by atoms with Crippen LogP contribution < -0.4 is 26.4 Å². The number of nitrogens with zero attached hydrogens (tertiary/aromatic N) is 8. The number of hydrogen-bond acceptors (Lipinski definition) is 12. The number of nitrogen functional groups attached to an aromatic ring is 1. The Kier molecular flexibility index (Phi) is 17.6. The van der Waals surface area contributed by atoms with Crippen LogP contribution in [0.4, 0.5) is 17.6 Å². The second-order valence-corrected chi connectivity index (χ2v) is 19.1. The van der Waals surface area contributed by atoms with E-state index in [0.717, 1.165) is 49.6 Å². The molecule has 324 valence electrons. The van der Waals surface area contributed by atoms with Crippen LogP contribution in [0.3, 0.4) is 0 Å². The van der Waals surface area contributed by atoms with Gasteiger partial charge >= 0.3 is 235 Å². The second kappa shape index (κ2) is 23.2. The molecule has 2 aliphatic carbocycles. The molecule has 5 aromatic heterocycles. The summed E-state index contributed by atoms with van der Waals surface area (Å²) in [5.41, 5.74) is 9.01. The third-order valence-corrected chi connectivity index (χ3v) is 15.1. The summed E-state index contributed by atoms with van der Waals surface area (Å²) in [4.78, 5) is 58.1. The number of H-pyrrole nitrogens is 2. The molecule has 19 heteroatoms. The Labute approximate surface area is 376 Å². The van der Waals surface area contributed by atoms with Gasteiger partial charge in [0.15, 0.2) is 11.5 Å². The fourth-order valence-electron chi connectivity index (χ4n) is 7.32. The molecule has 0 amide bonds. The van der Waals surface area contributed by atoms with Gasteiger partial charge in [-0.05, 0) is 32.5 Å². The monoisotopic (exact) mass is 1000 g/mol. The van der Waals surface area contributed by atoms with Crippen LogP contribution in [0.5, 0.6) is 0 Å². The van der Waals surface area contributed by atoms with Crippen molar-refractivity contribution in [3.63, 3.8) is 0 Å². The molecule has 0 saturated heterocycles. The number of carbonyl (C=O) groups is 1. The third-order valence-electron chi connectivity index (χ3n) is 10.7. The van der Waals surface area contributed by atoms with Crippen molar-refractivity contribution in [2.45, 2.75) is 97.1 Å². The van der Waals surface area contributed by atoms with Gasteiger partial charge in [-0.15, -0.1) is 0 Å². The zero-order valence-corrected chi connectivity index (χ0v) is 39.6. The second-order valence-electron chi connectivity index (χ2n) is 14.6. The van der Waals surface area contributed by atoms with Gasteiger partial charge in [0, 0.05) is 6.04 Å². The van der Waals surface area contributed by atoms with Crippen molar-refractivity contribution in [3.05, 3.63) is 77.1 Å². The van der Waals surface area contributed by atoms with Crippen molar-refractivity contribution >= 4 is 110 Å². The summed E-state index contributed by atoms with van der Waals surface area (Å²) in [7, 11) is 5.63. The number of benzene rings is 2. The quantitative estimate of drug-likeness (QED) is 0.0693. The van der Waals surface area contributed by atoms with E-state index in [1.807, 2.05) is 36.4 Å². The van der Waals surface area contributed by atoms with E-state index in [9.17, 15) is 9.59 Å². The van der Waals surface area contributed by atoms with Crippen molar-refractivity contribution in [2.24, 2.45) is 0 Å². The molecule has 0 aliphatic heterocycles. The fraction of sp³-hybridized carbons (Fsp3) is 0.429. The van der Waals surface area contributed by atoms with Gasteiger partial charge in [-0.25, -0.2) is 4.98 Å². The molecular formula is C42H53Cl2N13O2Se2. The minimum atomic E-state index is -0.442. The van der Waals surface area contributed by atoms with E-state index in [2.05, 4.69) is 71.2 Å². The van der Waals surface area contributed by atoms with Crippen LogP contribution in [0.2, 0.25) is 0 Å². The van der Waals surface area contributed by atoms with Gasteiger partial charge < -0.3 is 20.9 Å². The Hall–Kier alpha value is -4.34. The molecule has 0 unspecified atom stereocenters. The maximum absolute atomic E-state index is 12.8. The molecule has 5 heterocycles. The van der Waals surface area contributed by atoms with Gasteiger partial charge in [0.25, 0.3) is 0 Å². The molecule has 0 spiro atoms. The third kappa shape index (κ3) is 12.4. The van der Waals surface area contributed by atoms with E-state index in [-0.39, 0.29) is 40.3 Å². The van der Waals surface area contributed by atoms with E-state index in [1.54, 1.807) is 28.3 Å². The number of carbonyl (C=O) groups excluding carboxylic acids is 1. The number of rotatable bonds is 10. The van der Waals surface area contributed by atoms with Gasteiger partial charge in [0.1, 0.15) is 5.52 Å². The summed E-state index contributed by atoms with van der Waals surface area (Å²) in [6.45, 7) is 10.1. The standard InChI is InChI=1S/C18H18N6OSe.C11H16N6.C7H4Cl2OSe.C6H15N/c25-17-12-8-4-5-9-13(12)26-24(17)18-22-15-14(19-10-20-15)16(23-18)21-11-6-2-1-3-7-11;12-11-16-9-8(13-6-14-9)10(17-11)15-7-4-2-1-3-5-7;8-7(10)5-3-1-2-4-6(5)11-9;1-4-7(5-2)6-3/h4-5,8-11H,1-3,6-7H2,(H2,19,20,21,22,23);6-7H,1-5H2,(H4,12,13,14,15,16,17);1-4H;4-6H2,1-3H3. The average Bonchev–Trinajstić information content (AvgIpc) is 4.05. The predicted octanol–water partition coefficient (Wildman–Crippen LogP) is 7.04. The summed E-state index contributed by atoms with van der Waals surface area (Å²) >= 11 is 4.95. The van der Waals surface area contributed by atoms with Crippen LogP contribution in [0, 0.1) is 0 Å². The number of nitrogens with two attached hydrogens (primary N) is 1. The van der Waals surface area contributed by atoms with E-state index in [1.165, 1.54) is 71.0 Å². The first-order valence-corrected chi connectivity index (χ1v) is 26.0. The Morgan fingerprint density at radius 3 is 1.87 bits per heavy atom. The zero-order chi connectivity index (χ0) is 43.1. The maximum atomic E-state index is 12.8. The van der Waals surface area contributed by atoms with Gasteiger partial charge in [-0.3, -0.25) is 0 Å². The first-order valence-electron chi connectivity index (χ1n) is 20.8. The number of anilines is 3. The molecule has 7 aromatic rings. The van der Waals surface area contributed by atoms with Gasteiger partial charge in [-0.1, -0.05) is 40.0 Å². The molecule has 2 aromatic carbocycles. The predicted molar refractivity (Wildman–Crippen MR) is 250 cm³/mol. The van der Waals surface area contributed by atoms with Crippen LogP contribution in [-0.2, 0) is 0 Å². The molecule has 2 saturated carbocycles. The number of hydrogen-bond donors (Lipinski definition) is 5. The van der Waals surface area contributed by atoms with E-state index in [4.69, 9.17) is 32.4 Å². The number of nitrogens with one attached hydrogen (secondary N) is 4. The van der Waals surface area contributed by atoms with Crippen LogP contribution >= 0.6 is 21.7 Å². The molecule has 9 rings (SSSR count). The van der Waals surface area contributed by atoms with Crippen molar-refractivity contribution < 1.29 is 4.79 Å². The summed E-state index contributed by atoms with van der Waals surface area (Å²) in [5, 5.41) is 7.31. The Balaban J connectivity index is 0.000000153. The van der Waals surface area contributed by atoms with Crippen LogP contribution in [0.1, 0.15) is 95.3 Å². The van der Waals surface area contributed by atoms with E-state index >= 15 is 0 Å². The number of imidazole rings is 2. The van der Waals surface area contributed by atoms with E-state index < -0.39 is 5.24 Å². The van der Waals surface area contributed by atoms with Crippen molar-refractivity contribution in [1.82, 2.24) is 48.3 Å². The Morgan fingerprint density at radius 2 is 1.34 bits per heavy atom. The number of fused-ring (bicyclic) bond motifs is 3. The molecule has 6 N–H and O–H groups in total. The number of aromatic nitrogens is 9. The SMILES string of the molecule is CCN(CC)CC.Nc1nc(NC2CCCCC2)c2[nH]cnc2n1.O=C(Cl)c1ccccc1[Se]Cl.O=c1c2ccccc2[se]n1-c1nc(NC2CCCCC2)c2[nH]cnc2n1. The van der Waals surface area contributed by atoms with Crippen LogP contribution in [-0.4, -0.2) is 114 Å². The van der Waals surface area contributed by atoms with Gasteiger partial charge in [-0.2, -0.15) is 9.97 Å². The molecule has 2 aliphatic rings. The van der Waals surface area contributed by atoms with Crippen molar-refractivity contribution in [3.8, 4) is 5.95 Å². The summed E-state index contributed by atoms with van der Waals surface area (Å²) in [6.07, 6.45) is 15.6. The molecule has 0 bridgehead atoms. The summed E-state index contributed by atoms with van der Waals surface area (Å²) in [5.74, 6) is 2.22. The molecule has 0 atom stereocenters. The van der Waals surface area contributed by atoms with Crippen LogP contribution in [0.15, 0.2) is 66.0 Å². The molecule has 2 fully saturated rings. The van der Waals surface area contributed by atoms with Crippen LogP contribution in [0.25, 0.3) is 37.9 Å². The topological polar surface area (TPSA) is 201 Å². The number of aromatic amines is 2. The average molecular weight is 1000 g/mol. The Morgan fingerprint density at radius 1 is 0.803 bits per heavy atom. The summed E-state index contributed by atoms with van der Waals surface area (Å²) in [6, 6.07) is 15.7. The minimum absolute atomic E-state index is 0.0286. The summed E-state index contributed by atoms with van der Waals surface area (Å²) < 4.78 is 3.59. The Bertz CT molecular complexity index is 2520. The van der Waals surface area contributed by atoms with Gasteiger partial charge in [0.2, 0.25) is 5.95 Å².